The monoisotopic (exact) mass is 279 g/mol. The average molecular weight is 279 g/mol. The first kappa shape index (κ1) is 13.1. The lowest BCUT2D eigenvalue weighted by Gasteiger charge is -2.29. The Morgan fingerprint density at radius 2 is 2.16 bits per heavy atom. The maximum absolute atomic E-state index is 11.5. The van der Waals surface area contributed by atoms with Gasteiger partial charge >= 0.3 is 0 Å². The Morgan fingerprint density at radius 3 is 2.95 bits per heavy atom. The molecular formula is C14H21N3OS. The Hall–Kier alpha value is -0.940. The molecule has 1 aromatic heterocycles. The molecular weight excluding hydrogens is 258 g/mol. The Labute approximate surface area is 117 Å². The molecule has 2 aliphatic carbocycles. The second-order valence-corrected chi connectivity index (χ2v) is 6.78. The van der Waals surface area contributed by atoms with Gasteiger partial charge in [0.15, 0.2) is 0 Å². The summed E-state index contributed by atoms with van der Waals surface area (Å²) in [5.74, 6) is -0.153. The number of amides is 1. The molecule has 1 aromatic rings. The first-order valence-corrected chi connectivity index (χ1v) is 8.06. The van der Waals surface area contributed by atoms with Crippen LogP contribution in [0.25, 0.3) is 0 Å². The van der Waals surface area contributed by atoms with Crippen molar-refractivity contribution in [1.82, 2.24) is 10.3 Å². The highest BCUT2D eigenvalue weighted by Gasteiger charge is 2.29. The summed E-state index contributed by atoms with van der Waals surface area (Å²) in [5.41, 5.74) is 6.80. The van der Waals surface area contributed by atoms with Gasteiger partial charge in [0.25, 0.3) is 0 Å². The maximum Gasteiger partial charge on any atom is 0.222 e. The van der Waals surface area contributed by atoms with Gasteiger partial charge in [-0.15, -0.1) is 11.3 Å². The largest absolute Gasteiger partial charge is 0.369 e. The lowest BCUT2D eigenvalue weighted by Crippen LogP contribution is -2.44. The van der Waals surface area contributed by atoms with Gasteiger partial charge in [-0.25, -0.2) is 4.98 Å². The SMILES string of the molecule is NC(=O)[C@@H]1CCCC[C@H]1NCc1nc2c(s1)CCC2. The van der Waals surface area contributed by atoms with Crippen molar-refractivity contribution in [2.24, 2.45) is 11.7 Å². The lowest BCUT2D eigenvalue weighted by atomic mass is 9.84. The molecule has 0 aromatic carbocycles. The van der Waals surface area contributed by atoms with Crippen molar-refractivity contribution >= 4 is 17.2 Å². The number of carbonyl (C=O) groups is 1. The molecule has 1 heterocycles. The number of nitrogens with two attached hydrogens (primary N) is 1. The molecule has 3 rings (SSSR count). The van der Waals surface area contributed by atoms with Crippen molar-refractivity contribution < 1.29 is 4.79 Å². The van der Waals surface area contributed by atoms with Crippen molar-refractivity contribution in [2.45, 2.75) is 57.5 Å². The van der Waals surface area contributed by atoms with Crippen molar-refractivity contribution in [2.75, 3.05) is 0 Å². The van der Waals surface area contributed by atoms with Crippen molar-refractivity contribution in [3.8, 4) is 0 Å². The van der Waals surface area contributed by atoms with E-state index in [-0.39, 0.29) is 17.9 Å². The first-order valence-electron chi connectivity index (χ1n) is 7.24. The Balaban J connectivity index is 1.59. The van der Waals surface area contributed by atoms with E-state index in [4.69, 9.17) is 5.73 Å². The van der Waals surface area contributed by atoms with Gasteiger partial charge in [0, 0.05) is 17.5 Å². The molecule has 0 radical (unpaired) electrons. The summed E-state index contributed by atoms with van der Waals surface area (Å²) in [7, 11) is 0. The summed E-state index contributed by atoms with van der Waals surface area (Å²) < 4.78 is 0. The Bertz CT molecular complexity index is 450. The molecule has 0 unspecified atom stereocenters. The van der Waals surface area contributed by atoms with E-state index in [0.29, 0.717) is 0 Å². The average Bonchev–Trinajstić information content (AvgIpc) is 2.97. The van der Waals surface area contributed by atoms with Gasteiger partial charge in [0.2, 0.25) is 5.91 Å². The minimum absolute atomic E-state index is 0.000518. The van der Waals surface area contributed by atoms with E-state index >= 15 is 0 Å². The summed E-state index contributed by atoms with van der Waals surface area (Å²) in [6, 6.07) is 0.241. The molecule has 4 nitrogen and oxygen atoms in total. The van der Waals surface area contributed by atoms with Crippen LogP contribution in [0.1, 0.15) is 47.7 Å². The molecule has 1 saturated carbocycles. The second-order valence-electron chi connectivity index (χ2n) is 5.61. The van der Waals surface area contributed by atoms with Gasteiger partial charge in [-0.1, -0.05) is 12.8 Å². The predicted molar refractivity (Wildman–Crippen MR) is 75.9 cm³/mol. The number of hydrogen-bond acceptors (Lipinski definition) is 4. The minimum Gasteiger partial charge on any atom is -0.369 e. The molecule has 1 fully saturated rings. The molecule has 2 atom stereocenters. The highest BCUT2D eigenvalue weighted by molar-refractivity contribution is 7.11. The predicted octanol–water partition coefficient (Wildman–Crippen LogP) is 1.77. The number of thiazole rings is 1. The molecule has 0 aliphatic heterocycles. The number of hydrogen-bond donors (Lipinski definition) is 2. The number of primary amides is 1. The summed E-state index contributed by atoms with van der Waals surface area (Å²) >= 11 is 1.83. The van der Waals surface area contributed by atoms with Crippen LogP contribution < -0.4 is 11.1 Å². The minimum atomic E-state index is -0.154. The van der Waals surface area contributed by atoms with Crippen molar-refractivity contribution in [3.05, 3.63) is 15.6 Å². The molecule has 3 N–H and O–H groups in total. The smallest absolute Gasteiger partial charge is 0.222 e. The summed E-state index contributed by atoms with van der Waals surface area (Å²) in [4.78, 5) is 17.6. The van der Waals surface area contributed by atoms with Gasteiger partial charge in [-0.05, 0) is 32.1 Å². The fourth-order valence-corrected chi connectivity index (χ4v) is 4.36. The van der Waals surface area contributed by atoms with Gasteiger partial charge < -0.3 is 11.1 Å². The third-order valence-corrected chi connectivity index (χ3v) is 5.44. The van der Waals surface area contributed by atoms with E-state index in [1.54, 1.807) is 0 Å². The van der Waals surface area contributed by atoms with Crippen LogP contribution in [0.15, 0.2) is 0 Å². The third-order valence-electron chi connectivity index (χ3n) is 4.29. The van der Waals surface area contributed by atoms with Gasteiger partial charge in [-0.3, -0.25) is 4.79 Å². The fourth-order valence-electron chi connectivity index (χ4n) is 3.25. The lowest BCUT2D eigenvalue weighted by molar-refractivity contribution is -0.123. The number of fused-ring (bicyclic) bond motifs is 1. The zero-order chi connectivity index (χ0) is 13.2. The molecule has 19 heavy (non-hydrogen) atoms. The molecule has 0 bridgehead atoms. The van der Waals surface area contributed by atoms with Gasteiger partial charge in [0.1, 0.15) is 5.01 Å². The quantitative estimate of drug-likeness (QED) is 0.882. The first-order chi connectivity index (χ1) is 9.24. The molecule has 5 heteroatoms. The topological polar surface area (TPSA) is 68.0 Å². The highest BCUT2D eigenvalue weighted by atomic mass is 32.1. The van der Waals surface area contributed by atoms with Crippen LogP contribution >= 0.6 is 11.3 Å². The molecule has 2 aliphatic rings. The maximum atomic E-state index is 11.5. The summed E-state index contributed by atoms with van der Waals surface area (Å²) in [6.45, 7) is 0.784. The van der Waals surface area contributed by atoms with Crippen LogP contribution in [0.4, 0.5) is 0 Å². The van der Waals surface area contributed by atoms with Gasteiger partial charge in [0.05, 0.1) is 11.6 Å². The van der Waals surface area contributed by atoms with E-state index in [1.165, 1.54) is 34.8 Å². The van der Waals surface area contributed by atoms with E-state index in [9.17, 15) is 4.79 Å². The number of aromatic nitrogens is 1. The van der Waals surface area contributed by atoms with Crippen LogP contribution in [0.5, 0.6) is 0 Å². The fraction of sp³-hybridized carbons (Fsp3) is 0.714. The second kappa shape index (κ2) is 5.59. The van der Waals surface area contributed by atoms with Crippen LogP contribution in [-0.4, -0.2) is 16.9 Å². The Kier molecular flexibility index (Phi) is 3.84. The van der Waals surface area contributed by atoms with E-state index < -0.39 is 0 Å². The summed E-state index contributed by atoms with van der Waals surface area (Å²) in [5, 5.41) is 4.67. The number of carbonyl (C=O) groups excluding carboxylic acids is 1. The van der Waals surface area contributed by atoms with Crippen LogP contribution in [0.3, 0.4) is 0 Å². The molecule has 0 spiro atoms. The van der Waals surface area contributed by atoms with Crippen LogP contribution in [0, 0.1) is 5.92 Å². The highest BCUT2D eigenvalue weighted by Crippen LogP contribution is 2.28. The normalized spacial score (nSPS) is 26.3. The van der Waals surface area contributed by atoms with E-state index in [2.05, 4.69) is 10.3 Å². The summed E-state index contributed by atoms with van der Waals surface area (Å²) in [6.07, 6.45) is 7.89. The third kappa shape index (κ3) is 2.82. The van der Waals surface area contributed by atoms with E-state index in [1.807, 2.05) is 11.3 Å². The van der Waals surface area contributed by atoms with Crippen molar-refractivity contribution in [1.29, 1.82) is 0 Å². The van der Waals surface area contributed by atoms with Gasteiger partial charge in [-0.2, -0.15) is 0 Å². The number of nitrogens with one attached hydrogen (secondary N) is 1. The zero-order valence-corrected chi connectivity index (χ0v) is 12.0. The molecule has 1 amide bonds. The number of rotatable bonds is 4. The zero-order valence-electron chi connectivity index (χ0n) is 11.2. The number of aryl methyl sites for hydroxylation is 2. The van der Waals surface area contributed by atoms with Crippen molar-refractivity contribution in [3.63, 3.8) is 0 Å². The van der Waals surface area contributed by atoms with Crippen LogP contribution in [-0.2, 0) is 24.2 Å². The van der Waals surface area contributed by atoms with Crippen LogP contribution in [0.2, 0.25) is 0 Å². The Morgan fingerprint density at radius 1 is 1.32 bits per heavy atom. The number of nitrogens with zero attached hydrogens (tertiary/aromatic N) is 1. The molecule has 0 saturated heterocycles. The molecule has 104 valence electrons. The van der Waals surface area contributed by atoms with E-state index in [0.717, 1.165) is 32.2 Å². The standard InChI is InChI=1S/C14H21N3OS/c15-14(18)9-4-1-2-5-10(9)16-8-13-17-11-6-3-7-12(11)19-13/h9-10,16H,1-8H2,(H2,15,18)/t9-,10-/m1/s1.